The Hall–Kier alpha value is -1.36. The Bertz CT molecular complexity index is 602. The third-order valence-corrected chi connectivity index (χ3v) is 2.98. The van der Waals surface area contributed by atoms with Crippen molar-refractivity contribution in [1.82, 2.24) is 4.98 Å². The van der Waals surface area contributed by atoms with Crippen molar-refractivity contribution >= 4 is 51.8 Å². The predicted octanol–water partition coefficient (Wildman–Crippen LogP) is 3.77. The van der Waals surface area contributed by atoms with Crippen LogP contribution in [-0.4, -0.2) is 9.97 Å². The van der Waals surface area contributed by atoms with Crippen molar-refractivity contribution in [3.63, 3.8) is 0 Å². The Morgan fingerprint density at radius 2 is 2.00 bits per heavy atom. The summed E-state index contributed by atoms with van der Waals surface area (Å²) in [6.45, 7) is 0. The number of rotatable bonds is 3. The molecule has 0 saturated carbocycles. The molecule has 92 valence electrons. The molecule has 3 nitrogen and oxygen atoms in total. The fraction of sp³-hybridized carbons (Fsp3) is 0. The van der Waals surface area contributed by atoms with Gasteiger partial charge in [-0.25, -0.2) is 0 Å². The van der Waals surface area contributed by atoms with Crippen LogP contribution in [0.25, 0.3) is 0 Å². The van der Waals surface area contributed by atoms with E-state index in [1.54, 1.807) is 30.5 Å². The van der Waals surface area contributed by atoms with Crippen LogP contribution >= 0.6 is 35.4 Å². The van der Waals surface area contributed by atoms with Crippen molar-refractivity contribution in [2.45, 2.75) is 0 Å². The molecule has 0 aliphatic heterocycles. The van der Waals surface area contributed by atoms with E-state index in [2.05, 4.69) is 10.3 Å². The molecule has 0 bridgehead atoms. The Labute approximate surface area is 120 Å². The van der Waals surface area contributed by atoms with Crippen molar-refractivity contribution in [3.05, 3.63) is 52.3 Å². The maximum Gasteiger partial charge on any atom is 0.124 e. The highest BCUT2D eigenvalue weighted by Gasteiger charge is 2.08. The van der Waals surface area contributed by atoms with Crippen molar-refractivity contribution in [2.24, 2.45) is 5.73 Å². The summed E-state index contributed by atoms with van der Waals surface area (Å²) < 4.78 is 0. The summed E-state index contributed by atoms with van der Waals surface area (Å²) in [5.41, 5.74) is 7.55. The van der Waals surface area contributed by atoms with Crippen LogP contribution in [0.3, 0.4) is 0 Å². The second-order valence-electron chi connectivity index (χ2n) is 3.51. The van der Waals surface area contributed by atoms with Gasteiger partial charge in [0.25, 0.3) is 0 Å². The second kappa shape index (κ2) is 5.52. The Morgan fingerprint density at radius 3 is 2.67 bits per heavy atom. The zero-order valence-corrected chi connectivity index (χ0v) is 11.5. The smallest absolute Gasteiger partial charge is 0.124 e. The lowest BCUT2D eigenvalue weighted by atomic mass is 10.2. The summed E-state index contributed by atoms with van der Waals surface area (Å²) in [6.07, 6.45) is 1.63. The summed E-state index contributed by atoms with van der Waals surface area (Å²) in [5, 5.41) is 4.22. The number of benzene rings is 1. The van der Waals surface area contributed by atoms with Gasteiger partial charge in [0.1, 0.15) is 10.7 Å². The molecule has 2 aromatic rings. The van der Waals surface area contributed by atoms with E-state index >= 15 is 0 Å². The molecule has 1 aromatic heterocycles. The van der Waals surface area contributed by atoms with Crippen LogP contribution in [0.5, 0.6) is 0 Å². The number of hydrogen-bond donors (Lipinski definition) is 2. The first-order valence-corrected chi connectivity index (χ1v) is 6.21. The number of aromatic nitrogens is 1. The summed E-state index contributed by atoms with van der Waals surface area (Å²) in [5.74, 6) is 0. The zero-order valence-electron chi connectivity index (χ0n) is 9.15. The van der Waals surface area contributed by atoms with Crippen molar-refractivity contribution in [3.8, 4) is 0 Å². The van der Waals surface area contributed by atoms with Gasteiger partial charge in [-0.2, -0.15) is 0 Å². The monoisotopic (exact) mass is 297 g/mol. The summed E-state index contributed by atoms with van der Waals surface area (Å²) in [7, 11) is 0. The lowest BCUT2D eigenvalue weighted by Gasteiger charge is -2.11. The van der Waals surface area contributed by atoms with Crippen molar-refractivity contribution in [1.29, 1.82) is 0 Å². The summed E-state index contributed by atoms with van der Waals surface area (Å²) >= 11 is 16.9. The number of hydrogen-bond acceptors (Lipinski definition) is 3. The first-order chi connectivity index (χ1) is 8.58. The number of nitrogens with zero attached hydrogens (tertiary/aromatic N) is 1. The summed E-state index contributed by atoms with van der Waals surface area (Å²) in [6, 6.07) is 8.79. The topological polar surface area (TPSA) is 50.9 Å². The molecule has 0 saturated heterocycles. The number of anilines is 2. The normalized spacial score (nSPS) is 10.1. The number of nitrogens with one attached hydrogen (secondary N) is 1. The van der Waals surface area contributed by atoms with E-state index in [0.29, 0.717) is 27.1 Å². The average molecular weight is 298 g/mol. The minimum Gasteiger partial charge on any atom is -0.388 e. The molecular formula is C12H9Cl2N3S. The van der Waals surface area contributed by atoms with Crippen LogP contribution in [0.1, 0.15) is 5.69 Å². The Kier molecular flexibility index (Phi) is 4.01. The number of thiocarbonyl (C=S) groups is 1. The molecule has 0 atom stereocenters. The van der Waals surface area contributed by atoms with Crippen molar-refractivity contribution < 1.29 is 0 Å². The fourth-order valence-corrected chi connectivity index (χ4v) is 2.06. The van der Waals surface area contributed by atoms with Crippen molar-refractivity contribution in [2.75, 3.05) is 5.32 Å². The summed E-state index contributed by atoms with van der Waals surface area (Å²) in [4.78, 5) is 4.35. The van der Waals surface area contributed by atoms with Gasteiger partial charge in [-0.15, -0.1) is 0 Å². The Morgan fingerprint density at radius 1 is 1.22 bits per heavy atom. The Balaban J connectivity index is 2.37. The van der Waals surface area contributed by atoms with Crippen LogP contribution in [0, 0.1) is 0 Å². The standard InChI is InChI=1S/C12H9Cl2N3S/c13-7-3-4-9(8(14)6-7)17-10-2-1-5-16-11(10)12(15)18/h1-6,17H,(H2,15,18). The molecule has 3 N–H and O–H groups in total. The zero-order chi connectivity index (χ0) is 13.1. The molecule has 0 fully saturated rings. The van der Waals surface area contributed by atoms with Gasteiger partial charge in [0.2, 0.25) is 0 Å². The molecule has 1 heterocycles. The maximum atomic E-state index is 6.08. The third kappa shape index (κ3) is 2.90. The van der Waals surface area contributed by atoms with E-state index in [4.69, 9.17) is 41.2 Å². The molecule has 1 aromatic carbocycles. The van der Waals surface area contributed by atoms with Crippen LogP contribution in [-0.2, 0) is 0 Å². The highest BCUT2D eigenvalue weighted by molar-refractivity contribution is 7.80. The van der Waals surface area contributed by atoms with E-state index in [-0.39, 0.29) is 4.99 Å². The molecule has 0 amide bonds. The molecule has 0 spiro atoms. The highest BCUT2D eigenvalue weighted by Crippen LogP contribution is 2.29. The molecule has 18 heavy (non-hydrogen) atoms. The molecule has 0 aliphatic rings. The van der Waals surface area contributed by atoms with Gasteiger partial charge in [-0.3, -0.25) is 4.98 Å². The first kappa shape index (κ1) is 13.1. The van der Waals surface area contributed by atoms with Crippen LogP contribution < -0.4 is 11.1 Å². The van der Waals surface area contributed by atoms with Gasteiger partial charge in [0, 0.05) is 11.2 Å². The molecule has 0 radical (unpaired) electrons. The van der Waals surface area contributed by atoms with Gasteiger partial charge in [0.05, 0.1) is 16.4 Å². The first-order valence-electron chi connectivity index (χ1n) is 5.05. The van der Waals surface area contributed by atoms with E-state index in [0.717, 1.165) is 0 Å². The lowest BCUT2D eigenvalue weighted by Crippen LogP contribution is -2.13. The molecule has 2 rings (SSSR count). The lowest BCUT2D eigenvalue weighted by molar-refractivity contribution is 1.29. The molecule has 0 unspecified atom stereocenters. The minimum atomic E-state index is 0.225. The number of pyridine rings is 1. The maximum absolute atomic E-state index is 6.08. The van der Waals surface area contributed by atoms with Crippen LogP contribution in [0.15, 0.2) is 36.5 Å². The third-order valence-electron chi connectivity index (χ3n) is 2.24. The second-order valence-corrected chi connectivity index (χ2v) is 4.80. The van der Waals surface area contributed by atoms with Crippen LogP contribution in [0.2, 0.25) is 10.0 Å². The number of halogens is 2. The highest BCUT2D eigenvalue weighted by atomic mass is 35.5. The van der Waals surface area contributed by atoms with Gasteiger partial charge >= 0.3 is 0 Å². The van der Waals surface area contributed by atoms with E-state index in [1.807, 2.05) is 6.07 Å². The molecule has 6 heteroatoms. The fourth-order valence-electron chi connectivity index (χ4n) is 1.44. The largest absolute Gasteiger partial charge is 0.388 e. The molecule has 0 aliphatic carbocycles. The minimum absolute atomic E-state index is 0.225. The van der Waals surface area contributed by atoms with Gasteiger partial charge in [0.15, 0.2) is 0 Å². The van der Waals surface area contributed by atoms with Crippen LogP contribution in [0.4, 0.5) is 11.4 Å². The van der Waals surface area contributed by atoms with E-state index < -0.39 is 0 Å². The van der Waals surface area contributed by atoms with Gasteiger partial charge < -0.3 is 11.1 Å². The van der Waals surface area contributed by atoms with Gasteiger partial charge in [-0.05, 0) is 30.3 Å². The van der Waals surface area contributed by atoms with Gasteiger partial charge in [-0.1, -0.05) is 35.4 Å². The van der Waals surface area contributed by atoms with E-state index in [1.165, 1.54) is 0 Å². The number of nitrogens with two attached hydrogens (primary N) is 1. The average Bonchev–Trinajstić information content (AvgIpc) is 2.33. The van der Waals surface area contributed by atoms with E-state index in [9.17, 15) is 0 Å². The SMILES string of the molecule is NC(=S)c1ncccc1Nc1ccc(Cl)cc1Cl. The molecular weight excluding hydrogens is 289 g/mol. The quantitative estimate of drug-likeness (QED) is 0.847. The predicted molar refractivity (Wildman–Crippen MR) is 79.9 cm³/mol.